The highest BCUT2D eigenvalue weighted by atomic mass is 16.5. The summed E-state index contributed by atoms with van der Waals surface area (Å²) >= 11 is 0. The number of nitrogens with one attached hydrogen (secondary N) is 1. The second kappa shape index (κ2) is 8.47. The predicted octanol–water partition coefficient (Wildman–Crippen LogP) is 2.98. The molecule has 4 heteroatoms. The lowest BCUT2D eigenvalue weighted by Crippen LogP contribution is -2.49. The summed E-state index contributed by atoms with van der Waals surface area (Å²) < 4.78 is 5.86. The molecule has 2 aromatic carbocycles. The first-order valence-corrected chi connectivity index (χ1v) is 9.27. The number of hydrogen-bond acceptors (Lipinski definition) is 3. The van der Waals surface area contributed by atoms with E-state index in [9.17, 15) is 4.79 Å². The maximum absolute atomic E-state index is 12.7. The van der Waals surface area contributed by atoms with Gasteiger partial charge in [-0.2, -0.15) is 0 Å². The van der Waals surface area contributed by atoms with Crippen molar-refractivity contribution in [2.75, 3.05) is 26.2 Å². The van der Waals surface area contributed by atoms with Crippen LogP contribution in [0.5, 0.6) is 0 Å². The molecule has 2 aromatic rings. The number of carbonyl (C=O) groups is 1. The lowest BCUT2D eigenvalue weighted by molar-refractivity contribution is -0.126. The van der Waals surface area contributed by atoms with Crippen LogP contribution >= 0.6 is 0 Å². The number of hydrogen-bond donors (Lipinski definition) is 1. The van der Waals surface area contributed by atoms with Crippen molar-refractivity contribution in [2.45, 2.75) is 31.9 Å². The summed E-state index contributed by atoms with van der Waals surface area (Å²) in [7, 11) is 0. The van der Waals surface area contributed by atoms with E-state index in [-0.39, 0.29) is 12.0 Å². The van der Waals surface area contributed by atoms with Crippen LogP contribution in [-0.2, 0) is 21.5 Å². The molecule has 0 bridgehead atoms. The normalized spacial score (nSPS) is 18.5. The van der Waals surface area contributed by atoms with E-state index in [0.29, 0.717) is 13.2 Å². The van der Waals surface area contributed by atoms with Crippen LogP contribution in [0.15, 0.2) is 60.7 Å². The number of amides is 1. The van der Waals surface area contributed by atoms with E-state index in [0.717, 1.165) is 25.2 Å². The van der Waals surface area contributed by atoms with Gasteiger partial charge in [0, 0.05) is 26.2 Å². The SMILES string of the molecule is CC(C)(C(=O)NCC1CN(Cc2ccccc2)CCO1)c1ccccc1. The fourth-order valence-electron chi connectivity index (χ4n) is 3.30. The largest absolute Gasteiger partial charge is 0.374 e. The highest BCUT2D eigenvalue weighted by molar-refractivity contribution is 5.87. The van der Waals surface area contributed by atoms with E-state index in [1.807, 2.05) is 50.2 Å². The van der Waals surface area contributed by atoms with Crippen LogP contribution < -0.4 is 5.32 Å². The summed E-state index contributed by atoms with van der Waals surface area (Å²) in [5.41, 5.74) is 1.77. The molecule has 0 radical (unpaired) electrons. The van der Waals surface area contributed by atoms with Gasteiger partial charge in [-0.05, 0) is 25.0 Å². The highest BCUT2D eigenvalue weighted by Gasteiger charge is 2.30. The molecule has 1 unspecified atom stereocenters. The van der Waals surface area contributed by atoms with Crippen molar-refractivity contribution in [3.63, 3.8) is 0 Å². The Hall–Kier alpha value is -2.17. The van der Waals surface area contributed by atoms with Crippen molar-refractivity contribution >= 4 is 5.91 Å². The van der Waals surface area contributed by atoms with Gasteiger partial charge in [0.15, 0.2) is 0 Å². The first-order valence-electron chi connectivity index (χ1n) is 9.27. The average Bonchev–Trinajstić information content (AvgIpc) is 2.68. The van der Waals surface area contributed by atoms with Crippen molar-refractivity contribution in [1.82, 2.24) is 10.2 Å². The third-order valence-electron chi connectivity index (χ3n) is 5.03. The van der Waals surface area contributed by atoms with Crippen molar-refractivity contribution < 1.29 is 9.53 Å². The number of rotatable bonds is 6. The van der Waals surface area contributed by atoms with Crippen LogP contribution in [0.2, 0.25) is 0 Å². The van der Waals surface area contributed by atoms with E-state index < -0.39 is 5.41 Å². The molecule has 4 nitrogen and oxygen atoms in total. The van der Waals surface area contributed by atoms with Gasteiger partial charge in [-0.3, -0.25) is 9.69 Å². The van der Waals surface area contributed by atoms with E-state index in [2.05, 4.69) is 34.5 Å². The van der Waals surface area contributed by atoms with Crippen LogP contribution in [0.3, 0.4) is 0 Å². The second-order valence-electron chi connectivity index (χ2n) is 7.41. The minimum atomic E-state index is -0.556. The molecule has 1 atom stereocenters. The average molecular weight is 352 g/mol. The van der Waals surface area contributed by atoms with E-state index in [1.54, 1.807) is 0 Å². The number of morpholine rings is 1. The van der Waals surface area contributed by atoms with E-state index >= 15 is 0 Å². The molecule has 3 rings (SSSR count). The van der Waals surface area contributed by atoms with Crippen molar-refractivity contribution in [2.24, 2.45) is 0 Å². The summed E-state index contributed by atoms with van der Waals surface area (Å²) in [6, 6.07) is 20.4. The van der Waals surface area contributed by atoms with Crippen LogP contribution in [0.4, 0.5) is 0 Å². The lowest BCUT2D eigenvalue weighted by atomic mass is 9.84. The molecular weight excluding hydrogens is 324 g/mol. The molecule has 1 heterocycles. The maximum Gasteiger partial charge on any atom is 0.230 e. The molecule has 1 aliphatic heterocycles. The van der Waals surface area contributed by atoms with Crippen molar-refractivity contribution in [3.05, 3.63) is 71.8 Å². The van der Waals surface area contributed by atoms with Gasteiger partial charge in [-0.1, -0.05) is 60.7 Å². The molecule has 0 aliphatic carbocycles. The summed E-state index contributed by atoms with van der Waals surface area (Å²) in [5, 5.41) is 3.08. The molecule has 26 heavy (non-hydrogen) atoms. The smallest absolute Gasteiger partial charge is 0.230 e. The third kappa shape index (κ3) is 4.71. The van der Waals surface area contributed by atoms with Gasteiger partial charge in [0.05, 0.1) is 18.1 Å². The van der Waals surface area contributed by atoms with Crippen LogP contribution in [-0.4, -0.2) is 43.2 Å². The molecule has 1 N–H and O–H groups in total. The van der Waals surface area contributed by atoms with Crippen molar-refractivity contribution in [3.8, 4) is 0 Å². The molecule has 0 spiro atoms. The zero-order valence-electron chi connectivity index (χ0n) is 15.7. The zero-order valence-corrected chi connectivity index (χ0v) is 15.7. The van der Waals surface area contributed by atoms with Gasteiger partial charge in [0.1, 0.15) is 0 Å². The number of benzene rings is 2. The van der Waals surface area contributed by atoms with Crippen LogP contribution in [0.25, 0.3) is 0 Å². The molecule has 138 valence electrons. The molecular formula is C22H28N2O2. The Morgan fingerprint density at radius 2 is 1.77 bits per heavy atom. The van der Waals surface area contributed by atoms with Crippen molar-refractivity contribution in [1.29, 1.82) is 0 Å². The Morgan fingerprint density at radius 3 is 2.46 bits per heavy atom. The van der Waals surface area contributed by atoms with Gasteiger partial charge in [0.25, 0.3) is 0 Å². The molecule has 1 fully saturated rings. The number of ether oxygens (including phenoxy) is 1. The van der Waals surface area contributed by atoms with Gasteiger partial charge >= 0.3 is 0 Å². The van der Waals surface area contributed by atoms with Crippen LogP contribution in [0.1, 0.15) is 25.0 Å². The van der Waals surface area contributed by atoms with Gasteiger partial charge in [-0.25, -0.2) is 0 Å². The molecule has 0 saturated carbocycles. The Labute approximate surface area is 156 Å². The predicted molar refractivity (Wildman–Crippen MR) is 104 cm³/mol. The molecule has 1 aliphatic rings. The lowest BCUT2D eigenvalue weighted by Gasteiger charge is -2.34. The second-order valence-corrected chi connectivity index (χ2v) is 7.41. The Kier molecular flexibility index (Phi) is 6.07. The summed E-state index contributed by atoms with van der Waals surface area (Å²) in [6.07, 6.45) is 0.0305. The fourth-order valence-corrected chi connectivity index (χ4v) is 3.30. The first kappa shape index (κ1) is 18.6. The van der Waals surface area contributed by atoms with Gasteiger partial charge < -0.3 is 10.1 Å². The minimum absolute atomic E-state index is 0.0305. The van der Waals surface area contributed by atoms with Gasteiger partial charge in [-0.15, -0.1) is 0 Å². The first-order chi connectivity index (χ1) is 12.6. The Morgan fingerprint density at radius 1 is 1.12 bits per heavy atom. The molecule has 1 saturated heterocycles. The quantitative estimate of drug-likeness (QED) is 0.869. The molecule has 1 amide bonds. The zero-order chi connectivity index (χ0) is 18.4. The van der Waals surface area contributed by atoms with Crippen LogP contribution in [0, 0.1) is 0 Å². The topological polar surface area (TPSA) is 41.6 Å². The number of carbonyl (C=O) groups excluding carboxylic acids is 1. The standard InChI is InChI=1S/C22H28N2O2/c1-22(2,19-11-7-4-8-12-19)21(25)23-15-20-17-24(13-14-26-20)16-18-9-5-3-6-10-18/h3-12,20H,13-17H2,1-2H3,(H,23,25). The summed E-state index contributed by atoms with van der Waals surface area (Å²) in [4.78, 5) is 15.1. The Bertz CT molecular complexity index is 701. The third-order valence-corrected chi connectivity index (χ3v) is 5.03. The minimum Gasteiger partial charge on any atom is -0.374 e. The fraction of sp³-hybridized carbons (Fsp3) is 0.409. The molecule has 0 aromatic heterocycles. The Balaban J connectivity index is 1.51. The highest BCUT2D eigenvalue weighted by Crippen LogP contribution is 2.23. The van der Waals surface area contributed by atoms with E-state index in [1.165, 1.54) is 5.56 Å². The summed E-state index contributed by atoms with van der Waals surface area (Å²) in [5.74, 6) is 0.0347. The van der Waals surface area contributed by atoms with E-state index in [4.69, 9.17) is 4.74 Å². The monoisotopic (exact) mass is 352 g/mol. The number of nitrogens with zero attached hydrogens (tertiary/aromatic N) is 1. The summed E-state index contributed by atoms with van der Waals surface area (Å²) in [6.45, 7) is 7.85. The van der Waals surface area contributed by atoms with Gasteiger partial charge in [0.2, 0.25) is 5.91 Å². The maximum atomic E-state index is 12.7.